The van der Waals surface area contributed by atoms with Crippen molar-refractivity contribution >= 4 is 22.5 Å². The van der Waals surface area contributed by atoms with Crippen molar-refractivity contribution in [3.63, 3.8) is 0 Å². The van der Waals surface area contributed by atoms with Gasteiger partial charge in [-0.05, 0) is 32.1 Å². The lowest BCUT2D eigenvalue weighted by molar-refractivity contribution is 0.0947. The monoisotopic (exact) mass is 296 g/mol. The van der Waals surface area contributed by atoms with Crippen molar-refractivity contribution in [1.29, 1.82) is 0 Å². The Hall–Kier alpha value is -2.17. The SMILES string of the molecule is O=C(NC1CC1)c1nnc(N2CCCCC2)c2ccccc12. The Bertz CT molecular complexity index is 705. The van der Waals surface area contributed by atoms with E-state index < -0.39 is 0 Å². The highest BCUT2D eigenvalue weighted by atomic mass is 16.2. The van der Waals surface area contributed by atoms with E-state index in [9.17, 15) is 4.79 Å². The van der Waals surface area contributed by atoms with Crippen LogP contribution in [0.15, 0.2) is 24.3 Å². The molecule has 0 bridgehead atoms. The van der Waals surface area contributed by atoms with Crippen molar-refractivity contribution in [3.05, 3.63) is 30.0 Å². The highest BCUT2D eigenvalue weighted by Gasteiger charge is 2.26. The molecular weight excluding hydrogens is 276 g/mol. The molecule has 2 aliphatic rings. The molecule has 5 nitrogen and oxygen atoms in total. The zero-order valence-electron chi connectivity index (χ0n) is 12.6. The molecule has 2 fully saturated rings. The molecule has 4 rings (SSSR count). The van der Waals surface area contributed by atoms with Crippen LogP contribution in [-0.4, -0.2) is 35.2 Å². The minimum absolute atomic E-state index is 0.101. The number of aromatic nitrogens is 2. The predicted octanol–water partition coefficient (Wildman–Crippen LogP) is 2.51. The summed E-state index contributed by atoms with van der Waals surface area (Å²) < 4.78 is 0. The Labute approximate surface area is 129 Å². The molecule has 114 valence electrons. The number of carbonyl (C=O) groups excluding carboxylic acids is 1. The lowest BCUT2D eigenvalue weighted by Crippen LogP contribution is -2.31. The summed E-state index contributed by atoms with van der Waals surface area (Å²) in [4.78, 5) is 14.7. The second-order valence-electron chi connectivity index (χ2n) is 6.21. The summed E-state index contributed by atoms with van der Waals surface area (Å²) in [6.45, 7) is 2.04. The first-order valence-corrected chi connectivity index (χ1v) is 8.14. The molecule has 0 radical (unpaired) electrons. The van der Waals surface area contributed by atoms with E-state index in [0.29, 0.717) is 11.7 Å². The van der Waals surface area contributed by atoms with E-state index >= 15 is 0 Å². The third kappa shape index (κ3) is 2.51. The maximum atomic E-state index is 12.4. The number of rotatable bonds is 3. The van der Waals surface area contributed by atoms with E-state index in [-0.39, 0.29) is 5.91 Å². The Kier molecular flexibility index (Phi) is 3.41. The average molecular weight is 296 g/mol. The maximum Gasteiger partial charge on any atom is 0.272 e. The number of hydrogen-bond donors (Lipinski definition) is 1. The number of hydrogen-bond acceptors (Lipinski definition) is 4. The van der Waals surface area contributed by atoms with Crippen molar-refractivity contribution in [3.8, 4) is 0 Å². The highest BCUT2D eigenvalue weighted by Crippen LogP contribution is 2.28. The fourth-order valence-corrected chi connectivity index (χ4v) is 3.08. The van der Waals surface area contributed by atoms with Crippen LogP contribution in [0.2, 0.25) is 0 Å². The van der Waals surface area contributed by atoms with Crippen LogP contribution in [0, 0.1) is 0 Å². The Morgan fingerprint density at radius 3 is 2.50 bits per heavy atom. The van der Waals surface area contributed by atoms with Crippen LogP contribution in [0.4, 0.5) is 5.82 Å². The second-order valence-corrected chi connectivity index (χ2v) is 6.21. The molecule has 0 atom stereocenters. The standard InChI is InChI=1S/C17H20N4O/c22-17(18-12-8-9-12)15-13-6-2-3-7-14(13)16(20-19-15)21-10-4-1-5-11-21/h2-3,6-7,12H,1,4-5,8-11H2,(H,18,22). The van der Waals surface area contributed by atoms with Gasteiger partial charge in [0.1, 0.15) is 0 Å². The van der Waals surface area contributed by atoms with Crippen LogP contribution < -0.4 is 10.2 Å². The second kappa shape index (κ2) is 5.55. The number of piperidine rings is 1. The summed E-state index contributed by atoms with van der Waals surface area (Å²) in [6, 6.07) is 8.30. The van der Waals surface area contributed by atoms with Gasteiger partial charge < -0.3 is 10.2 Å². The first-order valence-electron chi connectivity index (χ1n) is 8.14. The lowest BCUT2D eigenvalue weighted by atomic mass is 10.1. The molecule has 1 aliphatic carbocycles. The summed E-state index contributed by atoms with van der Waals surface area (Å²) in [7, 11) is 0. The van der Waals surface area contributed by atoms with E-state index in [1.165, 1.54) is 19.3 Å². The largest absolute Gasteiger partial charge is 0.355 e. The molecule has 1 aromatic carbocycles. The summed E-state index contributed by atoms with van der Waals surface area (Å²) in [5.74, 6) is 0.815. The molecule has 1 saturated carbocycles. The number of benzene rings is 1. The number of anilines is 1. The predicted molar refractivity (Wildman–Crippen MR) is 86.1 cm³/mol. The Morgan fingerprint density at radius 2 is 1.77 bits per heavy atom. The minimum Gasteiger partial charge on any atom is -0.355 e. The normalized spacial score (nSPS) is 18.5. The first-order chi connectivity index (χ1) is 10.8. The van der Waals surface area contributed by atoms with Gasteiger partial charge in [0.05, 0.1) is 0 Å². The number of carbonyl (C=O) groups is 1. The van der Waals surface area contributed by atoms with Gasteiger partial charge in [-0.3, -0.25) is 4.79 Å². The molecule has 1 N–H and O–H groups in total. The van der Waals surface area contributed by atoms with Gasteiger partial charge in [0.15, 0.2) is 11.5 Å². The van der Waals surface area contributed by atoms with Gasteiger partial charge in [-0.15, -0.1) is 10.2 Å². The fourth-order valence-electron chi connectivity index (χ4n) is 3.08. The highest BCUT2D eigenvalue weighted by molar-refractivity contribution is 6.07. The van der Waals surface area contributed by atoms with Gasteiger partial charge in [0, 0.05) is 29.9 Å². The Balaban J connectivity index is 1.75. The number of nitrogens with one attached hydrogen (secondary N) is 1. The first kappa shape index (κ1) is 13.5. The van der Waals surface area contributed by atoms with E-state index in [0.717, 1.165) is 42.5 Å². The topological polar surface area (TPSA) is 58.1 Å². The van der Waals surface area contributed by atoms with Crippen LogP contribution in [0.25, 0.3) is 10.8 Å². The molecule has 1 aromatic heterocycles. The van der Waals surface area contributed by atoms with Crippen LogP contribution in [-0.2, 0) is 0 Å². The average Bonchev–Trinajstić information content (AvgIpc) is 3.38. The van der Waals surface area contributed by atoms with Gasteiger partial charge in [-0.1, -0.05) is 24.3 Å². The third-order valence-corrected chi connectivity index (χ3v) is 4.45. The van der Waals surface area contributed by atoms with Crippen LogP contribution in [0.3, 0.4) is 0 Å². The molecule has 2 aromatic rings. The van der Waals surface area contributed by atoms with Gasteiger partial charge in [-0.25, -0.2) is 0 Å². The molecule has 22 heavy (non-hydrogen) atoms. The maximum absolute atomic E-state index is 12.4. The van der Waals surface area contributed by atoms with Crippen molar-refractivity contribution in [2.45, 2.75) is 38.1 Å². The smallest absolute Gasteiger partial charge is 0.272 e. The van der Waals surface area contributed by atoms with E-state index in [4.69, 9.17) is 0 Å². The lowest BCUT2D eigenvalue weighted by Gasteiger charge is -2.28. The Morgan fingerprint density at radius 1 is 1.05 bits per heavy atom. The zero-order chi connectivity index (χ0) is 14.9. The molecule has 1 amide bonds. The molecule has 0 unspecified atom stereocenters. The number of fused-ring (bicyclic) bond motifs is 1. The van der Waals surface area contributed by atoms with E-state index in [1.807, 2.05) is 24.3 Å². The van der Waals surface area contributed by atoms with Crippen molar-refractivity contribution in [2.75, 3.05) is 18.0 Å². The molecule has 5 heteroatoms. The molecule has 1 saturated heterocycles. The summed E-state index contributed by atoms with van der Waals surface area (Å²) in [5.41, 5.74) is 0.447. The van der Waals surface area contributed by atoms with Gasteiger partial charge in [0.25, 0.3) is 5.91 Å². The van der Waals surface area contributed by atoms with Crippen molar-refractivity contribution < 1.29 is 4.79 Å². The van der Waals surface area contributed by atoms with Crippen molar-refractivity contribution in [1.82, 2.24) is 15.5 Å². The summed E-state index contributed by atoms with van der Waals surface area (Å²) in [6.07, 6.45) is 5.81. The quantitative estimate of drug-likeness (QED) is 0.945. The molecule has 0 spiro atoms. The van der Waals surface area contributed by atoms with Crippen LogP contribution >= 0.6 is 0 Å². The third-order valence-electron chi connectivity index (χ3n) is 4.45. The van der Waals surface area contributed by atoms with E-state index in [1.54, 1.807) is 0 Å². The molecule has 2 heterocycles. The summed E-state index contributed by atoms with van der Waals surface area (Å²) in [5, 5.41) is 13.6. The number of amides is 1. The van der Waals surface area contributed by atoms with Crippen LogP contribution in [0.1, 0.15) is 42.6 Å². The minimum atomic E-state index is -0.101. The molecular formula is C17H20N4O. The molecule has 1 aliphatic heterocycles. The van der Waals surface area contributed by atoms with Crippen LogP contribution in [0.5, 0.6) is 0 Å². The van der Waals surface area contributed by atoms with Gasteiger partial charge in [-0.2, -0.15) is 0 Å². The number of nitrogens with zero attached hydrogens (tertiary/aromatic N) is 3. The fraction of sp³-hybridized carbons (Fsp3) is 0.471. The van der Waals surface area contributed by atoms with Gasteiger partial charge >= 0.3 is 0 Å². The van der Waals surface area contributed by atoms with E-state index in [2.05, 4.69) is 20.4 Å². The van der Waals surface area contributed by atoms with Gasteiger partial charge in [0.2, 0.25) is 0 Å². The van der Waals surface area contributed by atoms with Crippen molar-refractivity contribution in [2.24, 2.45) is 0 Å². The zero-order valence-corrected chi connectivity index (χ0v) is 12.6. The summed E-state index contributed by atoms with van der Waals surface area (Å²) >= 11 is 0.